The van der Waals surface area contributed by atoms with E-state index < -0.39 is 12.7 Å². The van der Waals surface area contributed by atoms with E-state index in [4.69, 9.17) is 5.73 Å². The molecular formula is C17H26F3IN4. The maximum atomic E-state index is 12.3. The molecule has 142 valence electrons. The highest BCUT2D eigenvalue weighted by molar-refractivity contribution is 14.0. The standard InChI is InChI=1S/C17H25F3N4.HI/c1-13-2-4-15(5-3-13)23-16(21)22-9-6-14-7-10-24(11-8-14)12-17(18,19)20;/h2-5,14H,6-12H2,1H3,(H3,21,22,23);1H. The van der Waals surface area contributed by atoms with Crippen molar-refractivity contribution in [3.63, 3.8) is 0 Å². The normalized spacial score (nSPS) is 17.2. The Morgan fingerprint density at radius 3 is 2.40 bits per heavy atom. The van der Waals surface area contributed by atoms with Gasteiger partial charge in [0.2, 0.25) is 0 Å². The van der Waals surface area contributed by atoms with E-state index >= 15 is 0 Å². The average Bonchev–Trinajstić information content (AvgIpc) is 2.50. The Morgan fingerprint density at radius 1 is 1.24 bits per heavy atom. The molecule has 0 spiro atoms. The maximum Gasteiger partial charge on any atom is 0.401 e. The van der Waals surface area contributed by atoms with Crippen LogP contribution in [-0.4, -0.2) is 43.2 Å². The summed E-state index contributed by atoms with van der Waals surface area (Å²) in [5, 5.41) is 3.03. The number of aryl methyl sites for hydroxylation is 1. The van der Waals surface area contributed by atoms with Gasteiger partial charge in [-0.15, -0.1) is 24.0 Å². The molecular weight excluding hydrogens is 444 g/mol. The number of alkyl halides is 3. The van der Waals surface area contributed by atoms with E-state index in [1.165, 1.54) is 10.5 Å². The molecule has 1 fully saturated rings. The van der Waals surface area contributed by atoms with E-state index in [2.05, 4.69) is 10.3 Å². The lowest BCUT2D eigenvalue weighted by atomic mass is 9.93. The molecule has 1 aliphatic heterocycles. The lowest BCUT2D eigenvalue weighted by Crippen LogP contribution is -2.40. The van der Waals surface area contributed by atoms with Crippen LogP contribution in [0.3, 0.4) is 0 Å². The summed E-state index contributed by atoms with van der Waals surface area (Å²) >= 11 is 0. The highest BCUT2D eigenvalue weighted by Gasteiger charge is 2.32. The van der Waals surface area contributed by atoms with E-state index in [0.29, 0.717) is 31.5 Å². The van der Waals surface area contributed by atoms with Gasteiger partial charge in [-0.3, -0.25) is 9.89 Å². The lowest BCUT2D eigenvalue weighted by molar-refractivity contribution is -0.148. The molecule has 2 rings (SSSR count). The summed E-state index contributed by atoms with van der Waals surface area (Å²) in [6.45, 7) is 2.82. The summed E-state index contributed by atoms with van der Waals surface area (Å²) in [4.78, 5) is 5.78. The minimum atomic E-state index is -4.10. The number of nitrogens with zero attached hydrogens (tertiary/aromatic N) is 2. The number of halogens is 4. The number of benzene rings is 1. The number of likely N-dealkylation sites (tertiary alicyclic amines) is 1. The lowest BCUT2D eigenvalue weighted by Gasteiger charge is -2.32. The minimum Gasteiger partial charge on any atom is -0.370 e. The van der Waals surface area contributed by atoms with Gasteiger partial charge in [0.25, 0.3) is 0 Å². The van der Waals surface area contributed by atoms with Crippen LogP contribution in [0.4, 0.5) is 18.9 Å². The van der Waals surface area contributed by atoms with Crippen molar-refractivity contribution in [3.8, 4) is 0 Å². The van der Waals surface area contributed by atoms with Gasteiger partial charge < -0.3 is 11.1 Å². The monoisotopic (exact) mass is 470 g/mol. The number of aliphatic imine (C=N–C) groups is 1. The van der Waals surface area contributed by atoms with Crippen molar-refractivity contribution < 1.29 is 13.2 Å². The number of anilines is 1. The molecule has 0 saturated carbocycles. The minimum absolute atomic E-state index is 0. The Bertz CT molecular complexity index is 538. The number of hydrogen-bond acceptors (Lipinski definition) is 2. The van der Waals surface area contributed by atoms with Gasteiger partial charge in [0.1, 0.15) is 0 Å². The third-order valence-electron chi connectivity index (χ3n) is 4.25. The smallest absolute Gasteiger partial charge is 0.370 e. The molecule has 1 saturated heterocycles. The highest BCUT2D eigenvalue weighted by atomic mass is 127. The first-order valence-electron chi connectivity index (χ1n) is 8.24. The number of nitrogens with two attached hydrogens (primary N) is 1. The van der Waals surface area contributed by atoms with Crippen LogP contribution in [0.1, 0.15) is 24.8 Å². The molecule has 4 nitrogen and oxygen atoms in total. The van der Waals surface area contributed by atoms with Gasteiger partial charge in [0.15, 0.2) is 5.96 Å². The Balaban J connectivity index is 0.00000312. The van der Waals surface area contributed by atoms with E-state index in [0.717, 1.165) is 24.9 Å². The van der Waals surface area contributed by atoms with Crippen LogP contribution in [0, 0.1) is 12.8 Å². The number of nitrogens with one attached hydrogen (secondary N) is 1. The predicted octanol–water partition coefficient (Wildman–Crippen LogP) is 4.00. The third-order valence-corrected chi connectivity index (χ3v) is 4.25. The van der Waals surface area contributed by atoms with E-state index in [1.54, 1.807) is 0 Å². The fourth-order valence-electron chi connectivity index (χ4n) is 2.88. The maximum absolute atomic E-state index is 12.3. The molecule has 8 heteroatoms. The van der Waals surface area contributed by atoms with Gasteiger partial charge in [-0.05, 0) is 57.3 Å². The van der Waals surface area contributed by atoms with Crippen molar-refractivity contribution in [1.82, 2.24) is 4.90 Å². The molecule has 0 aliphatic carbocycles. The van der Waals surface area contributed by atoms with E-state index in [9.17, 15) is 13.2 Å². The largest absolute Gasteiger partial charge is 0.401 e. The molecule has 1 aromatic rings. The zero-order chi connectivity index (χ0) is 17.6. The molecule has 0 aromatic heterocycles. The topological polar surface area (TPSA) is 53.6 Å². The molecule has 0 amide bonds. The second-order valence-corrected chi connectivity index (χ2v) is 6.38. The number of hydrogen-bond donors (Lipinski definition) is 2. The van der Waals surface area contributed by atoms with Gasteiger partial charge in [-0.25, -0.2) is 0 Å². The molecule has 1 heterocycles. The molecule has 1 aliphatic rings. The highest BCUT2D eigenvalue weighted by Crippen LogP contribution is 2.24. The first kappa shape index (κ1) is 22.0. The summed E-state index contributed by atoms with van der Waals surface area (Å²) in [6, 6.07) is 7.86. The van der Waals surface area contributed by atoms with E-state index in [1.807, 2.05) is 31.2 Å². The zero-order valence-electron chi connectivity index (χ0n) is 14.4. The van der Waals surface area contributed by atoms with Crippen molar-refractivity contribution in [2.75, 3.05) is 31.5 Å². The van der Waals surface area contributed by atoms with Crippen molar-refractivity contribution in [3.05, 3.63) is 29.8 Å². The average molecular weight is 470 g/mol. The van der Waals surface area contributed by atoms with Crippen LogP contribution in [0.15, 0.2) is 29.3 Å². The summed E-state index contributed by atoms with van der Waals surface area (Å²) in [5.41, 5.74) is 7.92. The van der Waals surface area contributed by atoms with Crippen LogP contribution < -0.4 is 11.1 Å². The van der Waals surface area contributed by atoms with Gasteiger partial charge in [-0.1, -0.05) is 17.7 Å². The van der Waals surface area contributed by atoms with Crippen molar-refractivity contribution >= 4 is 35.6 Å². The van der Waals surface area contributed by atoms with Crippen LogP contribution in [0.25, 0.3) is 0 Å². The van der Waals surface area contributed by atoms with Gasteiger partial charge in [-0.2, -0.15) is 13.2 Å². The summed E-state index contributed by atoms with van der Waals surface area (Å²) in [6.07, 6.45) is -1.67. The fraction of sp³-hybridized carbons (Fsp3) is 0.588. The van der Waals surface area contributed by atoms with Crippen molar-refractivity contribution in [1.29, 1.82) is 0 Å². The number of piperidine rings is 1. The molecule has 0 atom stereocenters. The summed E-state index contributed by atoms with van der Waals surface area (Å²) in [7, 11) is 0. The SMILES string of the molecule is Cc1ccc(NC(N)=NCCC2CCN(CC(F)(F)F)CC2)cc1.I. The van der Waals surface area contributed by atoms with Gasteiger partial charge in [0.05, 0.1) is 6.54 Å². The molecule has 25 heavy (non-hydrogen) atoms. The zero-order valence-corrected chi connectivity index (χ0v) is 16.7. The molecule has 1 aromatic carbocycles. The van der Waals surface area contributed by atoms with Gasteiger partial charge >= 0.3 is 6.18 Å². The predicted molar refractivity (Wildman–Crippen MR) is 107 cm³/mol. The molecule has 0 radical (unpaired) electrons. The van der Waals surface area contributed by atoms with Gasteiger partial charge in [0, 0.05) is 12.2 Å². The molecule has 0 bridgehead atoms. The van der Waals surface area contributed by atoms with Crippen LogP contribution in [-0.2, 0) is 0 Å². The summed E-state index contributed by atoms with van der Waals surface area (Å²) < 4.78 is 37.0. The first-order chi connectivity index (χ1) is 11.3. The van der Waals surface area contributed by atoms with E-state index in [-0.39, 0.29) is 24.0 Å². The second-order valence-electron chi connectivity index (χ2n) is 6.38. The van der Waals surface area contributed by atoms with Crippen molar-refractivity contribution in [2.45, 2.75) is 32.4 Å². The Kier molecular flexibility index (Phi) is 8.98. The summed E-state index contributed by atoms with van der Waals surface area (Å²) in [5.74, 6) is 0.791. The Hall–Kier alpha value is -1.03. The molecule has 0 unspecified atom stereocenters. The molecule has 3 N–H and O–H groups in total. The Labute approximate surface area is 164 Å². The van der Waals surface area contributed by atoms with Crippen LogP contribution in [0.5, 0.6) is 0 Å². The number of guanidine groups is 1. The second kappa shape index (κ2) is 10.2. The van der Waals surface area contributed by atoms with Crippen molar-refractivity contribution in [2.24, 2.45) is 16.6 Å². The third kappa shape index (κ3) is 8.75. The van der Waals surface area contributed by atoms with Crippen LogP contribution in [0.2, 0.25) is 0 Å². The van der Waals surface area contributed by atoms with Crippen LogP contribution >= 0.6 is 24.0 Å². The number of rotatable bonds is 5. The fourth-order valence-corrected chi connectivity index (χ4v) is 2.88. The Morgan fingerprint density at radius 2 is 1.84 bits per heavy atom. The first-order valence-corrected chi connectivity index (χ1v) is 8.24. The quantitative estimate of drug-likeness (QED) is 0.389.